The number of hydrogen-bond donors (Lipinski definition) is 1. The van der Waals surface area contributed by atoms with E-state index >= 15 is 0 Å². The van der Waals surface area contributed by atoms with Crippen LogP contribution < -0.4 is 4.90 Å². The van der Waals surface area contributed by atoms with E-state index in [9.17, 15) is 15.4 Å². The fourth-order valence-corrected chi connectivity index (χ4v) is 3.58. The maximum Gasteiger partial charge on any atom is 0.293 e. The Morgan fingerprint density at radius 2 is 2.00 bits per heavy atom. The van der Waals surface area contributed by atoms with Gasteiger partial charge in [0.05, 0.1) is 21.5 Å². The summed E-state index contributed by atoms with van der Waals surface area (Å²) in [6.07, 6.45) is 4.88. The van der Waals surface area contributed by atoms with Crippen molar-refractivity contribution < 1.29 is 4.92 Å². The number of aromatic nitrogens is 2. The first kappa shape index (κ1) is 17.7. The second-order valence-electron chi connectivity index (χ2n) is 6.83. The van der Waals surface area contributed by atoms with Crippen molar-refractivity contribution in [3.63, 3.8) is 0 Å². The van der Waals surface area contributed by atoms with Crippen LogP contribution in [-0.4, -0.2) is 28.0 Å². The number of aromatic amines is 1. The van der Waals surface area contributed by atoms with E-state index in [4.69, 9.17) is 0 Å². The summed E-state index contributed by atoms with van der Waals surface area (Å²) in [7, 11) is 0. The molecule has 0 atom stereocenters. The van der Waals surface area contributed by atoms with Crippen LogP contribution in [0.1, 0.15) is 30.7 Å². The first-order valence-electron chi connectivity index (χ1n) is 9.26. The Balaban J connectivity index is 1.72. The molecule has 0 bridgehead atoms. The van der Waals surface area contributed by atoms with Gasteiger partial charge in [0, 0.05) is 19.2 Å². The number of nitrogens with one attached hydrogen (secondary N) is 1. The van der Waals surface area contributed by atoms with Gasteiger partial charge in [0.1, 0.15) is 17.6 Å². The number of nitriles is 1. The normalized spacial score (nSPS) is 14.8. The molecule has 2 aromatic carbocycles. The molecule has 28 heavy (non-hydrogen) atoms. The summed E-state index contributed by atoms with van der Waals surface area (Å²) in [5.41, 5.74) is 3.25. The molecule has 140 valence electrons. The van der Waals surface area contributed by atoms with Crippen molar-refractivity contribution in [2.75, 3.05) is 18.0 Å². The molecule has 0 unspecified atom stereocenters. The van der Waals surface area contributed by atoms with Crippen molar-refractivity contribution in [2.45, 2.75) is 19.3 Å². The highest BCUT2D eigenvalue weighted by molar-refractivity contribution is 5.90. The zero-order valence-corrected chi connectivity index (χ0v) is 15.3. The van der Waals surface area contributed by atoms with Gasteiger partial charge in [-0.15, -0.1) is 0 Å². The Kier molecular flexibility index (Phi) is 4.77. The summed E-state index contributed by atoms with van der Waals surface area (Å²) in [6, 6.07) is 14.8. The maximum atomic E-state index is 11.6. The van der Waals surface area contributed by atoms with Crippen LogP contribution in [0.25, 0.3) is 22.7 Å². The average molecular weight is 373 g/mol. The van der Waals surface area contributed by atoms with Gasteiger partial charge in [-0.2, -0.15) is 5.26 Å². The number of anilines is 1. The number of nitro groups is 1. The van der Waals surface area contributed by atoms with E-state index in [1.807, 2.05) is 30.3 Å². The van der Waals surface area contributed by atoms with Gasteiger partial charge in [0.25, 0.3) is 5.69 Å². The lowest BCUT2D eigenvalue weighted by Gasteiger charge is -2.28. The summed E-state index contributed by atoms with van der Waals surface area (Å²) < 4.78 is 0. The first-order chi connectivity index (χ1) is 13.7. The van der Waals surface area contributed by atoms with E-state index < -0.39 is 0 Å². The van der Waals surface area contributed by atoms with Gasteiger partial charge in [0.15, 0.2) is 0 Å². The van der Waals surface area contributed by atoms with Crippen molar-refractivity contribution in [1.29, 1.82) is 5.26 Å². The summed E-state index contributed by atoms with van der Waals surface area (Å²) >= 11 is 0. The Hall–Kier alpha value is -3.66. The standard InChI is InChI=1S/C21H19N5O2/c22-14-16(21-23-17-6-2-3-7-18(17)24-21)12-15-8-9-19(20(13-15)26(27)28)25-10-4-1-5-11-25/h2-3,6-9,12-13H,1,4-5,10-11H2,(H,23,24)/b16-12+. The van der Waals surface area contributed by atoms with E-state index in [-0.39, 0.29) is 10.6 Å². The number of nitrogens with zero attached hydrogens (tertiary/aromatic N) is 4. The van der Waals surface area contributed by atoms with E-state index in [0.29, 0.717) is 22.6 Å². The molecule has 7 nitrogen and oxygen atoms in total. The minimum atomic E-state index is -0.353. The van der Waals surface area contributed by atoms with E-state index in [1.54, 1.807) is 12.1 Å². The molecule has 1 saturated heterocycles. The number of nitro benzene ring substituents is 1. The Bertz CT molecular complexity index is 1070. The van der Waals surface area contributed by atoms with Crippen LogP contribution in [0.2, 0.25) is 0 Å². The molecule has 7 heteroatoms. The lowest BCUT2D eigenvalue weighted by molar-refractivity contribution is -0.384. The zero-order chi connectivity index (χ0) is 19.5. The molecule has 3 aromatic rings. The van der Waals surface area contributed by atoms with Crippen LogP contribution >= 0.6 is 0 Å². The van der Waals surface area contributed by atoms with E-state index in [0.717, 1.165) is 43.4 Å². The number of piperidine rings is 1. The summed E-state index contributed by atoms with van der Waals surface area (Å²) in [5, 5.41) is 21.2. The largest absolute Gasteiger partial charge is 0.366 e. The lowest BCUT2D eigenvalue weighted by atomic mass is 10.1. The smallest absolute Gasteiger partial charge is 0.293 e. The molecule has 4 rings (SSSR count). The van der Waals surface area contributed by atoms with Crippen LogP contribution in [0.15, 0.2) is 42.5 Å². The third kappa shape index (κ3) is 3.45. The third-order valence-corrected chi connectivity index (χ3v) is 4.97. The zero-order valence-electron chi connectivity index (χ0n) is 15.3. The lowest BCUT2D eigenvalue weighted by Crippen LogP contribution is -2.29. The highest BCUT2D eigenvalue weighted by Gasteiger charge is 2.21. The van der Waals surface area contributed by atoms with Crippen molar-refractivity contribution in [3.8, 4) is 6.07 Å². The molecule has 0 amide bonds. The highest BCUT2D eigenvalue weighted by Crippen LogP contribution is 2.32. The summed E-state index contributed by atoms with van der Waals surface area (Å²) in [5.74, 6) is 0.450. The molecule has 1 aliphatic rings. The molecule has 2 heterocycles. The minimum absolute atomic E-state index is 0.0672. The SMILES string of the molecule is N#C/C(=C\c1ccc(N2CCCCC2)c([N+](=O)[O-])c1)c1nc2ccccc2[nH]1. The van der Waals surface area contributed by atoms with Crippen LogP contribution in [-0.2, 0) is 0 Å². The monoisotopic (exact) mass is 373 g/mol. The van der Waals surface area contributed by atoms with E-state index in [1.165, 1.54) is 6.07 Å². The van der Waals surface area contributed by atoms with Gasteiger partial charge in [0.2, 0.25) is 0 Å². The van der Waals surface area contributed by atoms with Gasteiger partial charge >= 0.3 is 0 Å². The number of imidazole rings is 1. The molecular weight excluding hydrogens is 354 g/mol. The van der Waals surface area contributed by atoms with Gasteiger partial charge in [-0.3, -0.25) is 10.1 Å². The molecule has 1 fully saturated rings. The van der Waals surface area contributed by atoms with Gasteiger partial charge in [-0.25, -0.2) is 4.98 Å². The third-order valence-electron chi connectivity index (χ3n) is 4.97. The second kappa shape index (κ2) is 7.53. The molecule has 0 radical (unpaired) electrons. The molecule has 0 spiro atoms. The molecule has 0 saturated carbocycles. The van der Waals surface area contributed by atoms with Crippen LogP contribution in [0.3, 0.4) is 0 Å². The number of rotatable bonds is 4. The van der Waals surface area contributed by atoms with Crippen LogP contribution in [0, 0.1) is 21.4 Å². The first-order valence-corrected chi connectivity index (χ1v) is 9.26. The minimum Gasteiger partial charge on any atom is -0.366 e. The van der Waals surface area contributed by atoms with Gasteiger partial charge < -0.3 is 9.88 Å². The molecule has 0 aliphatic carbocycles. The Morgan fingerprint density at radius 3 is 2.71 bits per heavy atom. The number of allylic oxidation sites excluding steroid dienone is 1. The molecular formula is C21H19N5O2. The fourth-order valence-electron chi connectivity index (χ4n) is 3.58. The maximum absolute atomic E-state index is 11.6. The van der Waals surface area contributed by atoms with Crippen molar-refractivity contribution in [3.05, 3.63) is 64.0 Å². The van der Waals surface area contributed by atoms with E-state index in [2.05, 4.69) is 20.9 Å². The van der Waals surface area contributed by atoms with Crippen LogP contribution in [0.5, 0.6) is 0 Å². The number of para-hydroxylation sites is 2. The average Bonchev–Trinajstić information content (AvgIpc) is 3.16. The summed E-state index contributed by atoms with van der Waals surface area (Å²) in [4.78, 5) is 20.9. The number of benzene rings is 2. The van der Waals surface area contributed by atoms with Crippen molar-refractivity contribution >= 4 is 34.1 Å². The van der Waals surface area contributed by atoms with Crippen molar-refractivity contribution in [1.82, 2.24) is 9.97 Å². The predicted molar refractivity (Wildman–Crippen MR) is 109 cm³/mol. The fraction of sp³-hybridized carbons (Fsp3) is 0.238. The highest BCUT2D eigenvalue weighted by atomic mass is 16.6. The molecule has 1 aliphatic heterocycles. The van der Waals surface area contributed by atoms with Gasteiger partial charge in [-0.05, 0) is 49.1 Å². The Morgan fingerprint density at radius 1 is 1.21 bits per heavy atom. The van der Waals surface area contributed by atoms with Crippen LogP contribution in [0.4, 0.5) is 11.4 Å². The number of hydrogen-bond acceptors (Lipinski definition) is 5. The van der Waals surface area contributed by atoms with Gasteiger partial charge in [-0.1, -0.05) is 18.2 Å². The quantitative estimate of drug-likeness (QED) is 0.412. The molecule has 1 aromatic heterocycles. The molecule has 1 N–H and O–H groups in total. The summed E-state index contributed by atoms with van der Waals surface area (Å²) in [6.45, 7) is 1.66. The topological polar surface area (TPSA) is 98.8 Å². The Labute approximate surface area is 162 Å². The number of fused-ring (bicyclic) bond motifs is 1. The number of H-pyrrole nitrogens is 1. The van der Waals surface area contributed by atoms with Crippen molar-refractivity contribution in [2.24, 2.45) is 0 Å². The second-order valence-corrected chi connectivity index (χ2v) is 6.83. The predicted octanol–water partition coefficient (Wildman–Crippen LogP) is 4.53.